The zero-order chi connectivity index (χ0) is 14.0. The molecule has 3 heterocycles. The zero-order valence-corrected chi connectivity index (χ0v) is 12.2. The van der Waals surface area contributed by atoms with E-state index in [0.717, 1.165) is 25.7 Å². The van der Waals surface area contributed by atoms with Gasteiger partial charge in [-0.3, -0.25) is 14.5 Å². The van der Waals surface area contributed by atoms with Crippen LogP contribution in [-0.4, -0.2) is 35.0 Å². The highest BCUT2D eigenvalue weighted by atomic mass is 16.5. The standard InChI is InChI=1S/C16H23NO3/c1-8-9(2)14-12-11(13(8)20-14)15(18)17(16(12)19)10-6-4-3-5-7-10/h8-14H,3-7H2,1-2H3. The Morgan fingerprint density at radius 2 is 1.40 bits per heavy atom. The second-order valence-electron chi connectivity index (χ2n) is 7.17. The summed E-state index contributed by atoms with van der Waals surface area (Å²) >= 11 is 0. The van der Waals surface area contributed by atoms with E-state index in [4.69, 9.17) is 4.74 Å². The average molecular weight is 277 g/mol. The van der Waals surface area contributed by atoms with Crippen LogP contribution in [0.1, 0.15) is 46.0 Å². The molecule has 4 fully saturated rings. The number of likely N-dealkylation sites (tertiary alicyclic amines) is 1. The zero-order valence-electron chi connectivity index (χ0n) is 12.2. The second-order valence-corrected chi connectivity index (χ2v) is 7.17. The number of nitrogens with zero attached hydrogens (tertiary/aromatic N) is 1. The lowest BCUT2D eigenvalue weighted by atomic mass is 9.70. The van der Waals surface area contributed by atoms with E-state index in [1.54, 1.807) is 4.90 Å². The summed E-state index contributed by atoms with van der Waals surface area (Å²) in [6.45, 7) is 4.32. The van der Waals surface area contributed by atoms with Crippen LogP contribution in [0.5, 0.6) is 0 Å². The molecule has 4 aliphatic rings. The van der Waals surface area contributed by atoms with Crippen LogP contribution in [-0.2, 0) is 14.3 Å². The third-order valence-electron chi connectivity index (χ3n) is 6.26. The molecule has 4 rings (SSSR count). The minimum absolute atomic E-state index is 0.0231. The van der Waals surface area contributed by atoms with Gasteiger partial charge in [-0.1, -0.05) is 33.1 Å². The molecule has 6 atom stereocenters. The van der Waals surface area contributed by atoms with E-state index in [0.29, 0.717) is 11.8 Å². The Morgan fingerprint density at radius 1 is 0.900 bits per heavy atom. The van der Waals surface area contributed by atoms with E-state index in [9.17, 15) is 9.59 Å². The van der Waals surface area contributed by atoms with Gasteiger partial charge in [-0.05, 0) is 24.7 Å². The quantitative estimate of drug-likeness (QED) is 0.688. The summed E-state index contributed by atoms with van der Waals surface area (Å²) in [5.74, 6) is 0.561. The van der Waals surface area contributed by atoms with E-state index < -0.39 is 0 Å². The van der Waals surface area contributed by atoms with Crippen molar-refractivity contribution in [3.05, 3.63) is 0 Å². The van der Waals surface area contributed by atoms with Crippen LogP contribution in [0.25, 0.3) is 0 Å². The van der Waals surface area contributed by atoms with Gasteiger partial charge in [0.05, 0.1) is 24.0 Å². The number of hydrogen-bond acceptors (Lipinski definition) is 3. The Hall–Kier alpha value is -0.900. The third kappa shape index (κ3) is 1.46. The van der Waals surface area contributed by atoms with E-state index in [1.807, 2.05) is 0 Å². The predicted molar refractivity (Wildman–Crippen MR) is 72.7 cm³/mol. The molecule has 1 aliphatic carbocycles. The first-order valence-electron chi connectivity index (χ1n) is 8.13. The van der Waals surface area contributed by atoms with Crippen LogP contribution in [0.3, 0.4) is 0 Å². The smallest absolute Gasteiger partial charge is 0.236 e. The van der Waals surface area contributed by atoms with Crippen molar-refractivity contribution in [3.63, 3.8) is 0 Å². The lowest BCUT2D eigenvalue weighted by Crippen LogP contribution is -2.43. The van der Waals surface area contributed by atoms with Gasteiger partial charge in [0.25, 0.3) is 0 Å². The minimum atomic E-state index is -0.180. The van der Waals surface area contributed by atoms with E-state index in [1.165, 1.54) is 6.42 Å². The summed E-state index contributed by atoms with van der Waals surface area (Å²) in [6, 6.07) is 0.166. The molecule has 4 nitrogen and oxygen atoms in total. The summed E-state index contributed by atoms with van der Waals surface area (Å²) in [6.07, 6.45) is 5.48. The lowest BCUT2D eigenvalue weighted by Gasteiger charge is -2.30. The molecule has 0 aromatic carbocycles. The van der Waals surface area contributed by atoms with Gasteiger partial charge >= 0.3 is 0 Å². The molecule has 1 saturated carbocycles. The van der Waals surface area contributed by atoms with Crippen LogP contribution in [0.2, 0.25) is 0 Å². The highest BCUT2D eigenvalue weighted by molar-refractivity contribution is 6.06. The third-order valence-corrected chi connectivity index (χ3v) is 6.26. The predicted octanol–water partition coefficient (Wildman–Crippen LogP) is 1.97. The van der Waals surface area contributed by atoms with E-state index in [-0.39, 0.29) is 41.9 Å². The van der Waals surface area contributed by atoms with Crippen molar-refractivity contribution in [1.29, 1.82) is 0 Å². The van der Waals surface area contributed by atoms with Gasteiger partial charge in [-0.2, -0.15) is 0 Å². The number of amides is 2. The van der Waals surface area contributed by atoms with Gasteiger partial charge in [0.1, 0.15) is 0 Å². The molecule has 3 aliphatic heterocycles. The fourth-order valence-electron chi connectivity index (χ4n) is 4.98. The molecule has 2 amide bonds. The lowest BCUT2D eigenvalue weighted by molar-refractivity contribution is -0.146. The Kier molecular flexibility index (Phi) is 2.75. The largest absolute Gasteiger partial charge is 0.373 e. The molecule has 20 heavy (non-hydrogen) atoms. The summed E-state index contributed by atoms with van der Waals surface area (Å²) in [5.41, 5.74) is 0. The maximum Gasteiger partial charge on any atom is 0.236 e. The number of carbonyl (C=O) groups is 2. The van der Waals surface area contributed by atoms with Crippen LogP contribution >= 0.6 is 0 Å². The van der Waals surface area contributed by atoms with E-state index >= 15 is 0 Å². The molecule has 0 spiro atoms. The van der Waals surface area contributed by atoms with Crippen molar-refractivity contribution >= 4 is 11.8 Å². The van der Waals surface area contributed by atoms with Crippen LogP contribution < -0.4 is 0 Å². The van der Waals surface area contributed by atoms with Gasteiger partial charge in [0.15, 0.2) is 0 Å². The highest BCUT2D eigenvalue weighted by Crippen LogP contribution is 2.54. The monoisotopic (exact) mass is 277 g/mol. The normalized spacial score (nSPS) is 48.2. The van der Waals surface area contributed by atoms with Crippen LogP contribution in [0.4, 0.5) is 0 Å². The first-order chi connectivity index (χ1) is 9.61. The molecule has 2 bridgehead atoms. The van der Waals surface area contributed by atoms with Crippen molar-refractivity contribution in [1.82, 2.24) is 4.90 Å². The average Bonchev–Trinajstić information content (AvgIpc) is 3.05. The molecule has 0 N–H and O–H groups in total. The minimum Gasteiger partial charge on any atom is -0.373 e. The van der Waals surface area contributed by atoms with Gasteiger partial charge in [0, 0.05) is 6.04 Å². The summed E-state index contributed by atoms with van der Waals surface area (Å²) in [4.78, 5) is 27.2. The molecule has 0 aromatic rings. The number of ether oxygens (including phenoxy) is 1. The van der Waals surface area contributed by atoms with Crippen molar-refractivity contribution in [2.45, 2.75) is 64.2 Å². The van der Waals surface area contributed by atoms with Crippen LogP contribution in [0, 0.1) is 23.7 Å². The van der Waals surface area contributed by atoms with Crippen LogP contribution in [0.15, 0.2) is 0 Å². The molecule has 0 aromatic heterocycles. The van der Waals surface area contributed by atoms with Gasteiger partial charge in [-0.25, -0.2) is 0 Å². The molecule has 3 saturated heterocycles. The number of rotatable bonds is 1. The molecule has 0 radical (unpaired) electrons. The fraction of sp³-hybridized carbons (Fsp3) is 0.875. The Labute approximate surface area is 119 Å². The number of imide groups is 1. The molecular weight excluding hydrogens is 254 g/mol. The number of fused-ring (bicyclic) bond motifs is 5. The number of hydrogen-bond donors (Lipinski definition) is 0. The first-order valence-corrected chi connectivity index (χ1v) is 8.13. The Bertz CT molecular complexity index is 425. The summed E-state index contributed by atoms with van der Waals surface area (Å²) < 4.78 is 5.97. The van der Waals surface area contributed by atoms with Gasteiger partial charge in [-0.15, -0.1) is 0 Å². The Balaban J connectivity index is 1.63. The second kappa shape index (κ2) is 4.30. The summed E-state index contributed by atoms with van der Waals surface area (Å²) in [7, 11) is 0. The van der Waals surface area contributed by atoms with Gasteiger partial charge < -0.3 is 4.74 Å². The molecule has 6 unspecified atom stereocenters. The van der Waals surface area contributed by atoms with Gasteiger partial charge in [0.2, 0.25) is 11.8 Å². The molecular formula is C16H23NO3. The van der Waals surface area contributed by atoms with Crippen molar-refractivity contribution in [2.75, 3.05) is 0 Å². The maximum atomic E-state index is 12.8. The van der Waals surface area contributed by atoms with Crippen molar-refractivity contribution < 1.29 is 14.3 Å². The van der Waals surface area contributed by atoms with E-state index in [2.05, 4.69) is 13.8 Å². The molecule has 4 heteroatoms. The summed E-state index contributed by atoms with van der Waals surface area (Å²) in [5, 5.41) is 0. The van der Waals surface area contributed by atoms with Crippen molar-refractivity contribution in [3.8, 4) is 0 Å². The number of carbonyl (C=O) groups excluding carboxylic acids is 2. The molecule has 110 valence electrons. The Morgan fingerprint density at radius 3 is 1.90 bits per heavy atom. The van der Waals surface area contributed by atoms with Crippen molar-refractivity contribution in [2.24, 2.45) is 23.7 Å². The SMILES string of the molecule is CC1C(C)C2OC1C1C(=O)N(C3CCCCC3)C(=O)C21. The first kappa shape index (κ1) is 12.8. The maximum absolute atomic E-state index is 12.8. The highest BCUT2D eigenvalue weighted by Gasteiger charge is 2.67. The fourth-order valence-corrected chi connectivity index (χ4v) is 4.98. The topological polar surface area (TPSA) is 46.6 Å².